The van der Waals surface area contributed by atoms with Gasteiger partial charge < -0.3 is 10.4 Å². The molecular weight excluding hydrogens is 295 g/mol. The second-order valence-electron chi connectivity index (χ2n) is 3.87. The zero-order valence-electron chi connectivity index (χ0n) is 10.3. The van der Waals surface area contributed by atoms with Gasteiger partial charge in [-0.25, -0.2) is 0 Å². The maximum absolute atomic E-state index is 12.3. The molecule has 0 unspecified atom stereocenters. The average Bonchev–Trinajstić information content (AvgIpc) is 2.74. The van der Waals surface area contributed by atoms with Gasteiger partial charge in [0.25, 0.3) is 0 Å². The molecule has 1 amide bonds. The number of amides is 1. The summed E-state index contributed by atoms with van der Waals surface area (Å²) < 4.78 is 36.8. The molecule has 1 aromatic rings. The largest absolute Gasteiger partial charge is 0.401 e. The third kappa shape index (κ3) is 5.56. The van der Waals surface area contributed by atoms with E-state index >= 15 is 0 Å². The number of carbonyl (C=O) groups is 1. The van der Waals surface area contributed by atoms with Crippen molar-refractivity contribution in [1.82, 2.24) is 4.90 Å². The number of alkyl halides is 3. The van der Waals surface area contributed by atoms with E-state index in [1.165, 1.54) is 6.07 Å². The summed E-state index contributed by atoms with van der Waals surface area (Å²) in [6.07, 6.45) is -4.45. The van der Waals surface area contributed by atoms with Gasteiger partial charge in [-0.1, -0.05) is 0 Å². The Morgan fingerprint density at radius 2 is 2.25 bits per heavy atom. The minimum atomic E-state index is -4.45. The molecule has 0 saturated carbocycles. The number of thiophene rings is 1. The number of aliphatic hydroxyl groups excluding tert-OH is 1. The summed E-state index contributed by atoms with van der Waals surface area (Å²) >= 11 is 1.11. The van der Waals surface area contributed by atoms with Gasteiger partial charge in [-0.3, -0.25) is 9.69 Å². The third-order valence-electron chi connectivity index (χ3n) is 2.22. The molecule has 0 bridgehead atoms. The molecule has 0 aliphatic carbocycles. The summed E-state index contributed by atoms with van der Waals surface area (Å²) in [5.41, 5.74) is 0.257. The van der Waals surface area contributed by atoms with Crippen molar-refractivity contribution in [3.8, 4) is 6.07 Å². The van der Waals surface area contributed by atoms with E-state index in [1.807, 2.05) is 6.07 Å². The summed E-state index contributed by atoms with van der Waals surface area (Å²) in [5.74, 6) is -0.665. The second kappa shape index (κ2) is 7.23. The number of anilines is 1. The van der Waals surface area contributed by atoms with Crippen LogP contribution in [0, 0.1) is 11.3 Å². The van der Waals surface area contributed by atoms with Crippen molar-refractivity contribution in [3.05, 3.63) is 17.0 Å². The summed E-state index contributed by atoms with van der Waals surface area (Å²) in [7, 11) is 0. The van der Waals surface area contributed by atoms with E-state index in [2.05, 4.69) is 5.32 Å². The molecule has 5 nitrogen and oxygen atoms in total. The number of halogens is 3. The van der Waals surface area contributed by atoms with Gasteiger partial charge in [0.05, 0.1) is 25.3 Å². The van der Waals surface area contributed by atoms with Crippen LogP contribution in [0.5, 0.6) is 0 Å². The fourth-order valence-electron chi connectivity index (χ4n) is 1.47. The Morgan fingerprint density at radius 1 is 1.55 bits per heavy atom. The molecule has 1 rings (SSSR count). The lowest BCUT2D eigenvalue weighted by Gasteiger charge is -2.21. The fourth-order valence-corrected chi connectivity index (χ4v) is 2.23. The first-order chi connectivity index (χ1) is 9.35. The van der Waals surface area contributed by atoms with E-state index in [0.29, 0.717) is 5.00 Å². The van der Waals surface area contributed by atoms with Crippen LogP contribution in [0.1, 0.15) is 5.56 Å². The smallest absolute Gasteiger partial charge is 0.395 e. The Kier molecular flexibility index (Phi) is 5.94. The molecule has 0 aromatic carbocycles. The predicted molar refractivity (Wildman–Crippen MR) is 67.2 cm³/mol. The van der Waals surface area contributed by atoms with Gasteiger partial charge in [0, 0.05) is 6.54 Å². The Bertz CT molecular complexity index is 496. The van der Waals surface area contributed by atoms with E-state index in [0.717, 1.165) is 16.2 Å². The molecule has 110 valence electrons. The van der Waals surface area contributed by atoms with Gasteiger partial charge in [0.15, 0.2) is 0 Å². The summed E-state index contributed by atoms with van der Waals surface area (Å²) in [5, 5.41) is 21.7. The lowest BCUT2D eigenvalue weighted by molar-refractivity contribution is -0.148. The first-order valence-electron chi connectivity index (χ1n) is 5.53. The molecule has 1 heterocycles. The highest BCUT2D eigenvalue weighted by atomic mass is 32.1. The topological polar surface area (TPSA) is 76.4 Å². The predicted octanol–water partition coefficient (Wildman–Crippen LogP) is 1.41. The maximum Gasteiger partial charge on any atom is 0.401 e. The summed E-state index contributed by atoms with van der Waals surface area (Å²) in [6.45, 7) is -2.53. The SMILES string of the molecule is N#Cc1ccsc1NC(=O)CN(CCO)CC(F)(F)F. The van der Waals surface area contributed by atoms with Crippen LogP contribution < -0.4 is 5.32 Å². The van der Waals surface area contributed by atoms with Gasteiger partial charge in [-0.2, -0.15) is 18.4 Å². The van der Waals surface area contributed by atoms with Crippen molar-refractivity contribution in [3.63, 3.8) is 0 Å². The van der Waals surface area contributed by atoms with Crippen molar-refractivity contribution in [1.29, 1.82) is 5.26 Å². The molecule has 0 spiro atoms. The number of aliphatic hydroxyl groups is 1. The first-order valence-corrected chi connectivity index (χ1v) is 6.41. The number of hydrogen-bond acceptors (Lipinski definition) is 5. The number of nitrogens with one attached hydrogen (secondary N) is 1. The molecule has 20 heavy (non-hydrogen) atoms. The minimum Gasteiger partial charge on any atom is -0.395 e. The van der Waals surface area contributed by atoms with E-state index in [9.17, 15) is 18.0 Å². The maximum atomic E-state index is 12.3. The third-order valence-corrected chi connectivity index (χ3v) is 3.05. The van der Waals surface area contributed by atoms with E-state index in [1.54, 1.807) is 5.38 Å². The zero-order valence-corrected chi connectivity index (χ0v) is 11.1. The first kappa shape index (κ1) is 16.4. The Hall–Kier alpha value is -1.63. The standard InChI is InChI=1S/C11H12F3N3O2S/c12-11(13,14)7-17(2-3-18)6-9(19)16-10-8(5-15)1-4-20-10/h1,4,18H,2-3,6-7H2,(H,16,19). The number of hydrogen-bond donors (Lipinski definition) is 2. The van der Waals surface area contributed by atoms with Gasteiger partial charge in [0.1, 0.15) is 11.1 Å². The number of nitrogens with zero attached hydrogens (tertiary/aromatic N) is 2. The number of carbonyl (C=O) groups excluding carboxylic acids is 1. The van der Waals surface area contributed by atoms with Crippen LogP contribution in [0.25, 0.3) is 0 Å². The van der Waals surface area contributed by atoms with E-state index in [4.69, 9.17) is 10.4 Å². The van der Waals surface area contributed by atoms with E-state index in [-0.39, 0.29) is 12.1 Å². The van der Waals surface area contributed by atoms with Gasteiger partial charge in [-0.05, 0) is 11.4 Å². The van der Waals surface area contributed by atoms with Crippen molar-refractivity contribution < 1.29 is 23.1 Å². The lowest BCUT2D eigenvalue weighted by Crippen LogP contribution is -2.41. The highest BCUT2D eigenvalue weighted by Crippen LogP contribution is 2.22. The molecule has 2 N–H and O–H groups in total. The molecule has 9 heteroatoms. The Balaban J connectivity index is 2.60. The zero-order chi connectivity index (χ0) is 15.2. The monoisotopic (exact) mass is 307 g/mol. The fraction of sp³-hybridized carbons (Fsp3) is 0.455. The molecule has 0 aliphatic heterocycles. The molecule has 0 atom stereocenters. The van der Waals surface area contributed by atoms with Crippen LogP contribution in [0.15, 0.2) is 11.4 Å². The second-order valence-corrected chi connectivity index (χ2v) is 4.79. The highest BCUT2D eigenvalue weighted by molar-refractivity contribution is 7.14. The summed E-state index contributed by atoms with van der Waals surface area (Å²) in [4.78, 5) is 12.4. The normalized spacial score (nSPS) is 11.4. The van der Waals surface area contributed by atoms with Gasteiger partial charge >= 0.3 is 6.18 Å². The molecule has 0 aliphatic rings. The van der Waals surface area contributed by atoms with Crippen LogP contribution in [0.2, 0.25) is 0 Å². The highest BCUT2D eigenvalue weighted by Gasteiger charge is 2.31. The number of nitriles is 1. The van der Waals surface area contributed by atoms with Crippen LogP contribution in [-0.2, 0) is 4.79 Å². The van der Waals surface area contributed by atoms with Crippen molar-refractivity contribution in [2.24, 2.45) is 0 Å². The molecule has 1 aromatic heterocycles. The molecule has 0 saturated heterocycles. The van der Waals surface area contributed by atoms with Crippen LogP contribution in [0.3, 0.4) is 0 Å². The van der Waals surface area contributed by atoms with E-state index < -0.39 is 31.8 Å². The molecule has 0 fully saturated rings. The average molecular weight is 307 g/mol. The number of rotatable bonds is 6. The Morgan fingerprint density at radius 3 is 2.80 bits per heavy atom. The molecular formula is C11H12F3N3O2S. The van der Waals surface area contributed by atoms with Crippen molar-refractivity contribution >= 4 is 22.2 Å². The van der Waals surface area contributed by atoms with Gasteiger partial charge in [-0.15, -0.1) is 11.3 Å². The van der Waals surface area contributed by atoms with Crippen molar-refractivity contribution in [2.75, 3.05) is 31.6 Å². The van der Waals surface area contributed by atoms with Crippen LogP contribution in [0.4, 0.5) is 18.2 Å². The Labute approximate surface area is 117 Å². The lowest BCUT2D eigenvalue weighted by atomic mass is 10.3. The summed E-state index contributed by atoms with van der Waals surface area (Å²) in [6, 6.07) is 3.36. The van der Waals surface area contributed by atoms with Gasteiger partial charge in [0.2, 0.25) is 5.91 Å². The van der Waals surface area contributed by atoms with Crippen molar-refractivity contribution in [2.45, 2.75) is 6.18 Å². The minimum absolute atomic E-state index is 0.257. The van der Waals surface area contributed by atoms with Crippen LogP contribution in [-0.4, -0.2) is 48.3 Å². The van der Waals surface area contributed by atoms with Crippen LogP contribution >= 0.6 is 11.3 Å². The molecule has 0 radical (unpaired) electrons. The quantitative estimate of drug-likeness (QED) is 0.833.